The smallest absolute Gasteiger partial charge is 0.119 e. The van der Waals surface area contributed by atoms with Crippen LogP contribution in [0.5, 0.6) is 5.75 Å². The Bertz CT molecular complexity index is 546. The van der Waals surface area contributed by atoms with E-state index in [1.54, 1.807) is 0 Å². The minimum Gasteiger partial charge on any atom is -0.489 e. The third-order valence-corrected chi connectivity index (χ3v) is 3.46. The van der Waals surface area contributed by atoms with Crippen LogP contribution < -0.4 is 10.1 Å². The lowest BCUT2D eigenvalue weighted by Crippen LogP contribution is -2.18. The molecule has 1 N–H and O–H groups in total. The highest BCUT2D eigenvalue weighted by atomic mass is 16.5. The van der Waals surface area contributed by atoms with Crippen LogP contribution in [0.2, 0.25) is 0 Å². The van der Waals surface area contributed by atoms with Gasteiger partial charge in [0.05, 0.1) is 0 Å². The van der Waals surface area contributed by atoms with Crippen molar-refractivity contribution in [1.82, 2.24) is 5.32 Å². The van der Waals surface area contributed by atoms with Gasteiger partial charge in [-0.1, -0.05) is 50.2 Å². The zero-order valence-corrected chi connectivity index (χ0v) is 13.2. The molecule has 21 heavy (non-hydrogen) atoms. The Balaban J connectivity index is 1.84. The zero-order chi connectivity index (χ0) is 15.1. The number of aryl methyl sites for hydroxylation is 1. The van der Waals surface area contributed by atoms with Gasteiger partial charge < -0.3 is 10.1 Å². The van der Waals surface area contributed by atoms with Crippen molar-refractivity contribution in [2.24, 2.45) is 5.92 Å². The van der Waals surface area contributed by atoms with E-state index in [2.05, 4.69) is 62.5 Å². The molecule has 2 heteroatoms. The van der Waals surface area contributed by atoms with E-state index in [0.717, 1.165) is 18.8 Å². The summed E-state index contributed by atoms with van der Waals surface area (Å²) in [4.78, 5) is 0. The second-order valence-electron chi connectivity index (χ2n) is 5.88. The van der Waals surface area contributed by atoms with Gasteiger partial charge >= 0.3 is 0 Å². The van der Waals surface area contributed by atoms with Crippen LogP contribution in [0.25, 0.3) is 0 Å². The van der Waals surface area contributed by atoms with Crippen molar-refractivity contribution in [3.8, 4) is 5.75 Å². The topological polar surface area (TPSA) is 21.3 Å². The maximum atomic E-state index is 5.85. The van der Waals surface area contributed by atoms with Gasteiger partial charge in [-0.3, -0.25) is 0 Å². The van der Waals surface area contributed by atoms with Crippen LogP contribution in [-0.4, -0.2) is 6.54 Å². The Hall–Kier alpha value is -1.80. The largest absolute Gasteiger partial charge is 0.489 e. The van der Waals surface area contributed by atoms with E-state index in [1.807, 2.05) is 12.1 Å². The van der Waals surface area contributed by atoms with Gasteiger partial charge in [-0.2, -0.15) is 0 Å². The molecule has 0 saturated heterocycles. The Morgan fingerprint density at radius 1 is 1.00 bits per heavy atom. The van der Waals surface area contributed by atoms with E-state index in [-0.39, 0.29) is 0 Å². The second-order valence-corrected chi connectivity index (χ2v) is 5.88. The highest BCUT2D eigenvalue weighted by Crippen LogP contribution is 2.15. The molecule has 0 bridgehead atoms. The third kappa shape index (κ3) is 5.24. The molecule has 0 heterocycles. The van der Waals surface area contributed by atoms with Crippen LogP contribution >= 0.6 is 0 Å². The van der Waals surface area contributed by atoms with Gasteiger partial charge in [0, 0.05) is 6.54 Å². The predicted molar refractivity (Wildman–Crippen MR) is 88.5 cm³/mol. The standard InChI is InChI=1S/C19H25NO/c1-15(2)12-20-13-17-8-10-19(11-9-17)21-14-18-7-5-4-6-16(18)3/h4-11,15,20H,12-14H2,1-3H3. The van der Waals surface area contributed by atoms with Crippen molar-refractivity contribution in [3.63, 3.8) is 0 Å². The molecule has 2 rings (SSSR count). The minimum atomic E-state index is 0.623. The molecular formula is C19H25NO. The zero-order valence-electron chi connectivity index (χ0n) is 13.2. The lowest BCUT2D eigenvalue weighted by molar-refractivity contribution is 0.305. The summed E-state index contributed by atoms with van der Waals surface area (Å²) in [7, 11) is 0. The van der Waals surface area contributed by atoms with Crippen molar-refractivity contribution in [3.05, 3.63) is 65.2 Å². The van der Waals surface area contributed by atoms with Gasteiger partial charge in [-0.25, -0.2) is 0 Å². The maximum Gasteiger partial charge on any atom is 0.119 e. The number of benzene rings is 2. The molecule has 0 aliphatic carbocycles. The van der Waals surface area contributed by atoms with Crippen LogP contribution in [0.4, 0.5) is 0 Å². The van der Waals surface area contributed by atoms with Gasteiger partial charge in [0.15, 0.2) is 0 Å². The fourth-order valence-electron chi connectivity index (χ4n) is 2.14. The van der Waals surface area contributed by atoms with Crippen molar-refractivity contribution >= 4 is 0 Å². The molecule has 0 amide bonds. The van der Waals surface area contributed by atoms with E-state index < -0.39 is 0 Å². The van der Waals surface area contributed by atoms with Crippen molar-refractivity contribution in [2.45, 2.75) is 33.9 Å². The van der Waals surface area contributed by atoms with Gasteiger partial charge in [-0.05, 0) is 48.2 Å². The monoisotopic (exact) mass is 283 g/mol. The van der Waals surface area contributed by atoms with Gasteiger partial charge in [0.1, 0.15) is 12.4 Å². The molecule has 0 spiro atoms. The molecule has 112 valence electrons. The summed E-state index contributed by atoms with van der Waals surface area (Å²) in [6, 6.07) is 16.7. The molecule has 0 aliphatic heterocycles. The molecule has 0 fully saturated rings. The Morgan fingerprint density at radius 3 is 2.38 bits per heavy atom. The van der Waals surface area contributed by atoms with Crippen LogP contribution in [0, 0.1) is 12.8 Å². The molecule has 2 aromatic rings. The molecule has 2 aromatic carbocycles. The fraction of sp³-hybridized carbons (Fsp3) is 0.368. The Morgan fingerprint density at radius 2 is 1.71 bits per heavy atom. The quantitative estimate of drug-likeness (QED) is 0.817. The lowest BCUT2D eigenvalue weighted by atomic mass is 10.1. The number of nitrogens with one attached hydrogen (secondary N) is 1. The highest BCUT2D eigenvalue weighted by molar-refractivity contribution is 5.29. The molecule has 0 radical (unpaired) electrons. The minimum absolute atomic E-state index is 0.623. The first-order valence-corrected chi connectivity index (χ1v) is 7.62. The number of rotatable bonds is 7. The number of ether oxygens (including phenoxy) is 1. The Labute approximate surface area is 128 Å². The lowest BCUT2D eigenvalue weighted by Gasteiger charge is -2.10. The van der Waals surface area contributed by atoms with Gasteiger partial charge in [0.25, 0.3) is 0 Å². The first-order valence-electron chi connectivity index (χ1n) is 7.62. The van der Waals surface area contributed by atoms with E-state index in [0.29, 0.717) is 12.5 Å². The predicted octanol–water partition coefficient (Wildman–Crippen LogP) is 4.32. The first-order chi connectivity index (χ1) is 10.1. The maximum absolute atomic E-state index is 5.85. The van der Waals surface area contributed by atoms with E-state index in [1.165, 1.54) is 16.7 Å². The number of hydrogen-bond acceptors (Lipinski definition) is 2. The number of hydrogen-bond donors (Lipinski definition) is 1. The summed E-state index contributed by atoms with van der Waals surface area (Å²) in [6.45, 7) is 9.13. The normalized spacial score (nSPS) is 10.9. The molecule has 0 atom stereocenters. The SMILES string of the molecule is Cc1ccccc1COc1ccc(CNCC(C)C)cc1. The van der Waals surface area contributed by atoms with E-state index in [9.17, 15) is 0 Å². The summed E-state index contributed by atoms with van der Waals surface area (Å²) in [5.74, 6) is 1.60. The van der Waals surface area contributed by atoms with Crippen LogP contribution in [0.15, 0.2) is 48.5 Å². The summed E-state index contributed by atoms with van der Waals surface area (Å²) < 4.78 is 5.85. The first kappa shape index (κ1) is 15.6. The molecule has 0 aromatic heterocycles. The summed E-state index contributed by atoms with van der Waals surface area (Å²) >= 11 is 0. The average Bonchev–Trinajstić information content (AvgIpc) is 2.47. The second kappa shape index (κ2) is 7.84. The highest BCUT2D eigenvalue weighted by Gasteiger charge is 2.00. The average molecular weight is 283 g/mol. The van der Waals surface area contributed by atoms with Crippen LogP contribution in [0.1, 0.15) is 30.5 Å². The van der Waals surface area contributed by atoms with Crippen molar-refractivity contribution in [2.75, 3.05) is 6.54 Å². The molecular weight excluding hydrogens is 258 g/mol. The van der Waals surface area contributed by atoms with Gasteiger partial charge in [0.2, 0.25) is 0 Å². The molecule has 0 unspecified atom stereocenters. The Kier molecular flexibility index (Phi) is 5.82. The van der Waals surface area contributed by atoms with Crippen molar-refractivity contribution < 1.29 is 4.74 Å². The third-order valence-electron chi connectivity index (χ3n) is 3.46. The van der Waals surface area contributed by atoms with E-state index in [4.69, 9.17) is 4.74 Å². The fourth-order valence-corrected chi connectivity index (χ4v) is 2.14. The summed E-state index contributed by atoms with van der Waals surface area (Å²) in [6.07, 6.45) is 0. The molecule has 0 saturated carbocycles. The molecule has 2 nitrogen and oxygen atoms in total. The van der Waals surface area contributed by atoms with Crippen molar-refractivity contribution in [1.29, 1.82) is 0 Å². The van der Waals surface area contributed by atoms with Gasteiger partial charge in [-0.15, -0.1) is 0 Å². The van der Waals surface area contributed by atoms with Crippen LogP contribution in [-0.2, 0) is 13.2 Å². The molecule has 0 aliphatic rings. The summed E-state index contributed by atoms with van der Waals surface area (Å²) in [5.41, 5.74) is 3.80. The van der Waals surface area contributed by atoms with E-state index >= 15 is 0 Å². The summed E-state index contributed by atoms with van der Waals surface area (Å²) in [5, 5.41) is 3.45. The van der Waals surface area contributed by atoms with Crippen LogP contribution in [0.3, 0.4) is 0 Å².